The van der Waals surface area contributed by atoms with Crippen LogP contribution in [0.3, 0.4) is 0 Å². The minimum Gasteiger partial charge on any atom is -0.394 e. The Bertz CT molecular complexity index is 240. The smallest absolute Gasteiger partial charge is 0.157 e. The van der Waals surface area contributed by atoms with E-state index in [1.165, 1.54) is 0 Å². The first-order chi connectivity index (χ1) is 4.97. The third-order valence-corrected chi connectivity index (χ3v) is 1.39. The van der Waals surface area contributed by atoms with Gasteiger partial charge in [0.2, 0.25) is 0 Å². The van der Waals surface area contributed by atoms with Crippen LogP contribution in [-0.2, 0) is 4.84 Å². The lowest BCUT2D eigenvalue weighted by atomic mass is 10.4. The second-order valence-electron chi connectivity index (χ2n) is 2.06. The molecule has 0 N–H and O–H groups in total. The standard InChI is InChI=1S/C6H7N3O/c1-4-10-8-6(1)9-3-2-7-5-9/h2-3,5H,1,4H2. The van der Waals surface area contributed by atoms with Crippen LogP contribution in [0.2, 0.25) is 0 Å². The summed E-state index contributed by atoms with van der Waals surface area (Å²) in [7, 11) is 0. The van der Waals surface area contributed by atoms with Gasteiger partial charge in [-0.15, -0.1) is 0 Å². The normalized spacial score (nSPS) is 16.6. The Hall–Kier alpha value is -1.32. The van der Waals surface area contributed by atoms with E-state index in [0.29, 0.717) is 6.61 Å². The van der Waals surface area contributed by atoms with E-state index in [9.17, 15) is 0 Å². The highest BCUT2D eigenvalue weighted by Gasteiger charge is 2.08. The van der Waals surface area contributed by atoms with E-state index in [1.54, 1.807) is 12.5 Å². The minimum atomic E-state index is 0.688. The van der Waals surface area contributed by atoms with Gasteiger partial charge in [0.1, 0.15) is 12.9 Å². The predicted octanol–water partition coefficient (Wildman–Crippen LogP) is 0.465. The van der Waals surface area contributed by atoms with Gasteiger partial charge in [-0.25, -0.2) is 4.98 Å². The van der Waals surface area contributed by atoms with Gasteiger partial charge in [0, 0.05) is 18.8 Å². The van der Waals surface area contributed by atoms with E-state index < -0.39 is 0 Å². The molecule has 0 aromatic carbocycles. The topological polar surface area (TPSA) is 39.4 Å². The quantitative estimate of drug-likeness (QED) is 0.521. The molecule has 2 heterocycles. The van der Waals surface area contributed by atoms with Crippen LogP contribution in [-0.4, -0.2) is 22.0 Å². The second kappa shape index (κ2) is 2.13. The lowest BCUT2D eigenvalue weighted by Gasteiger charge is -1.93. The van der Waals surface area contributed by atoms with Gasteiger partial charge in [-0.05, 0) is 0 Å². The molecule has 0 amide bonds. The lowest BCUT2D eigenvalue weighted by Crippen LogP contribution is -2.05. The van der Waals surface area contributed by atoms with Gasteiger partial charge >= 0.3 is 0 Å². The van der Waals surface area contributed by atoms with Gasteiger partial charge in [-0.3, -0.25) is 4.57 Å². The van der Waals surface area contributed by atoms with Crippen LogP contribution >= 0.6 is 0 Å². The van der Waals surface area contributed by atoms with E-state index in [4.69, 9.17) is 4.84 Å². The van der Waals surface area contributed by atoms with Gasteiger partial charge in [0.25, 0.3) is 0 Å². The average Bonchev–Trinajstić information content (AvgIpc) is 2.59. The highest BCUT2D eigenvalue weighted by atomic mass is 16.6. The summed E-state index contributed by atoms with van der Waals surface area (Å²) < 4.78 is 1.85. The van der Waals surface area contributed by atoms with E-state index >= 15 is 0 Å². The summed E-state index contributed by atoms with van der Waals surface area (Å²) >= 11 is 0. The van der Waals surface area contributed by atoms with E-state index in [-0.39, 0.29) is 0 Å². The Morgan fingerprint density at radius 3 is 3.20 bits per heavy atom. The maximum atomic E-state index is 4.82. The molecule has 0 spiro atoms. The summed E-state index contributed by atoms with van der Waals surface area (Å²) in [6.07, 6.45) is 6.16. The van der Waals surface area contributed by atoms with Crippen molar-refractivity contribution < 1.29 is 4.84 Å². The number of imidazole rings is 1. The molecule has 10 heavy (non-hydrogen) atoms. The molecular formula is C6H7N3O. The van der Waals surface area contributed by atoms with Crippen molar-refractivity contribution in [3.8, 4) is 0 Å². The fraction of sp³-hybridized carbons (Fsp3) is 0.333. The van der Waals surface area contributed by atoms with E-state index in [0.717, 1.165) is 12.3 Å². The second-order valence-corrected chi connectivity index (χ2v) is 2.06. The number of hydrogen-bond acceptors (Lipinski definition) is 3. The average molecular weight is 137 g/mol. The fourth-order valence-electron chi connectivity index (χ4n) is 0.891. The number of rotatable bonds is 0. The molecule has 0 saturated carbocycles. The van der Waals surface area contributed by atoms with Crippen LogP contribution < -0.4 is 0 Å². The third kappa shape index (κ3) is 0.775. The highest BCUT2D eigenvalue weighted by Crippen LogP contribution is 2.01. The predicted molar refractivity (Wildman–Crippen MR) is 35.6 cm³/mol. The van der Waals surface area contributed by atoms with Gasteiger partial charge in [-0.2, -0.15) is 0 Å². The Balaban J connectivity index is 2.28. The van der Waals surface area contributed by atoms with Crippen LogP contribution in [0.5, 0.6) is 0 Å². The van der Waals surface area contributed by atoms with Gasteiger partial charge in [0.05, 0.1) is 0 Å². The van der Waals surface area contributed by atoms with Crippen molar-refractivity contribution in [1.82, 2.24) is 9.55 Å². The summed E-state index contributed by atoms with van der Waals surface area (Å²) in [5.41, 5.74) is 0. The summed E-state index contributed by atoms with van der Waals surface area (Å²) in [5.74, 6) is 0.928. The number of aromatic nitrogens is 2. The fourth-order valence-corrected chi connectivity index (χ4v) is 0.891. The number of hydrogen-bond donors (Lipinski definition) is 0. The Morgan fingerprint density at radius 1 is 1.60 bits per heavy atom. The molecule has 1 aliphatic heterocycles. The van der Waals surface area contributed by atoms with Crippen LogP contribution in [0.4, 0.5) is 0 Å². The molecule has 0 unspecified atom stereocenters. The van der Waals surface area contributed by atoms with Crippen molar-refractivity contribution in [3.05, 3.63) is 18.7 Å². The van der Waals surface area contributed by atoms with Crippen LogP contribution in [0.15, 0.2) is 23.9 Å². The molecule has 2 rings (SSSR count). The van der Waals surface area contributed by atoms with E-state index in [2.05, 4.69) is 10.1 Å². The van der Waals surface area contributed by atoms with Gasteiger partial charge in [-0.1, -0.05) is 5.16 Å². The molecule has 0 aliphatic carbocycles. The monoisotopic (exact) mass is 137 g/mol. The lowest BCUT2D eigenvalue weighted by molar-refractivity contribution is 0.173. The summed E-state index contributed by atoms with van der Waals surface area (Å²) in [6, 6.07) is 0. The van der Waals surface area contributed by atoms with Crippen molar-refractivity contribution in [2.75, 3.05) is 6.61 Å². The summed E-state index contributed by atoms with van der Waals surface area (Å²) in [5, 5.41) is 3.82. The largest absolute Gasteiger partial charge is 0.394 e. The molecule has 52 valence electrons. The molecule has 0 radical (unpaired) electrons. The van der Waals surface area contributed by atoms with Gasteiger partial charge < -0.3 is 4.84 Å². The molecule has 1 aliphatic rings. The molecule has 0 fully saturated rings. The van der Waals surface area contributed by atoms with Crippen molar-refractivity contribution in [2.45, 2.75) is 6.42 Å². The first-order valence-corrected chi connectivity index (χ1v) is 3.14. The van der Waals surface area contributed by atoms with E-state index in [1.807, 2.05) is 10.8 Å². The summed E-state index contributed by atoms with van der Waals surface area (Å²) in [4.78, 5) is 8.71. The highest BCUT2D eigenvalue weighted by molar-refractivity contribution is 5.84. The van der Waals surface area contributed by atoms with Crippen molar-refractivity contribution >= 4 is 5.84 Å². The summed E-state index contributed by atoms with van der Waals surface area (Å²) in [6.45, 7) is 0.688. The molecule has 1 aromatic heterocycles. The van der Waals surface area contributed by atoms with Crippen LogP contribution in [0.1, 0.15) is 6.42 Å². The molecule has 0 saturated heterocycles. The Morgan fingerprint density at radius 2 is 2.60 bits per heavy atom. The van der Waals surface area contributed by atoms with Crippen molar-refractivity contribution in [2.24, 2.45) is 5.16 Å². The van der Waals surface area contributed by atoms with Crippen LogP contribution in [0.25, 0.3) is 0 Å². The molecule has 4 heteroatoms. The molecule has 0 atom stereocenters. The van der Waals surface area contributed by atoms with Gasteiger partial charge in [0.15, 0.2) is 5.84 Å². The number of oxime groups is 1. The molecule has 1 aromatic rings. The SMILES string of the molecule is c1cn(C2=NOCC2)cn1. The molecule has 4 nitrogen and oxygen atoms in total. The zero-order chi connectivity index (χ0) is 6.81. The van der Waals surface area contributed by atoms with Crippen molar-refractivity contribution in [1.29, 1.82) is 0 Å². The Labute approximate surface area is 58.1 Å². The zero-order valence-corrected chi connectivity index (χ0v) is 5.40. The van der Waals surface area contributed by atoms with Crippen LogP contribution in [0, 0.1) is 0 Å². The molecule has 0 bridgehead atoms. The first-order valence-electron chi connectivity index (χ1n) is 3.14. The zero-order valence-electron chi connectivity index (χ0n) is 5.40. The Kier molecular flexibility index (Phi) is 1.16. The first kappa shape index (κ1) is 5.46. The van der Waals surface area contributed by atoms with Crippen molar-refractivity contribution in [3.63, 3.8) is 0 Å². The third-order valence-electron chi connectivity index (χ3n) is 1.39. The number of nitrogens with zero attached hydrogens (tertiary/aromatic N) is 3. The maximum Gasteiger partial charge on any atom is 0.157 e. The molecular weight excluding hydrogens is 130 g/mol. The maximum absolute atomic E-state index is 4.82. The minimum absolute atomic E-state index is 0.688.